The Labute approximate surface area is 113 Å². The highest BCUT2D eigenvalue weighted by molar-refractivity contribution is 6.18. The van der Waals surface area contributed by atoms with Crippen LogP contribution < -0.4 is 4.74 Å². The zero-order valence-electron chi connectivity index (χ0n) is 10.5. The van der Waals surface area contributed by atoms with Gasteiger partial charge in [-0.05, 0) is 29.7 Å². The molecule has 0 amide bonds. The van der Waals surface area contributed by atoms with Crippen molar-refractivity contribution in [2.24, 2.45) is 0 Å². The molecule has 0 aliphatic rings. The van der Waals surface area contributed by atoms with Gasteiger partial charge in [-0.1, -0.05) is 42.5 Å². The summed E-state index contributed by atoms with van der Waals surface area (Å²) in [5.74, 6) is 1.87. The van der Waals surface area contributed by atoms with Crippen molar-refractivity contribution in [3.63, 3.8) is 0 Å². The van der Waals surface area contributed by atoms with Crippen molar-refractivity contribution in [3.05, 3.63) is 65.7 Å². The molecular formula is C16H17ClO. The van der Waals surface area contributed by atoms with E-state index in [1.807, 2.05) is 18.2 Å². The third-order valence-corrected chi connectivity index (χ3v) is 3.45. The van der Waals surface area contributed by atoms with Gasteiger partial charge in [-0.25, -0.2) is 0 Å². The maximum absolute atomic E-state index is 6.09. The quantitative estimate of drug-likeness (QED) is 0.730. The predicted molar refractivity (Wildman–Crippen MR) is 76.6 cm³/mol. The molecule has 0 aliphatic heterocycles. The van der Waals surface area contributed by atoms with Crippen molar-refractivity contribution in [3.8, 4) is 5.75 Å². The predicted octanol–water partition coefficient (Wildman–Crippen LogP) is 4.26. The lowest BCUT2D eigenvalue weighted by Crippen LogP contribution is -2.04. The number of hydrogen-bond acceptors (Lipinski definition) is 1. The standard InChI is InChI=1S/C16H17ClO/c1-18-16-9-5-6-13(11-16)10-15(12-17)14-7-3-2-4-8-14/h2-9,11,15H,10,12H2,1H3. The lowest BCUT2D eigenvalue weighted by molar-refractivity contribution is 0.414. The smallest absolute Gasteiger partial charge is 0.119 e. The molecule has 0 radical (unpaired) electrons. The fourth-order valence-electron chi connectivity index (χ4n) is 2.07. The Hall–Kier alpha value is -1.47. The van der Waals surface area contributed by atoms with Gasteiger partial charge in [-0.15, -0.1) is 11.6 Å². The fourth-order valence-corrected chi connectivity index (χ4v) is 2.36. The summed E-state index contributed by atoms with van der Waals surface area (Å²) < 4.78 is 5.24. The normalized spacial score (nSPS) is 12.1. The van der Waals surface area contributed by atoms with Gasteiger partial charge in [0.1, 0.15) is 5.75 Å². The van der Waals surface area contributed by atoms with E-state index in [1.54, 1.807) is 7.11 Å². The molecule has 2 rings (SSSR count). The number of hydrogen-bond donors (Lipinski definition) is 0. The van der Waals surface area contributed by atoms with Gasteiger partial charge < -0.3 is 4.74 Å². The van der Waals surface area contributed by atoms with E-state index in [4.69, 9.17) is 16.3 Å². The Bertz CT molecular complexity index is 481. The molecule has 2 aromatic rings. The molecule has 0 aromatic heterocycles. The molecule has 0 spiro atoms. The van der Waals surface area contributed by atoms with E-state index in [2.05, 4.69) is 36.4 Å². The molecule has 1 nitrogen and oxygen atoms in total. The fraction of sp³-hybridized carbons (Fsp3) is 0.250. The van der Waals surface area contributed by atoms with Crippen molar-refractivity contribution in [2.45, 2.75) is 12.3 Å². The molecule has 94 valence electrons. The maximum atomic E-state index is 6.09. The minimum atomic E-state index is 0.347. The van der Waals surface area contributed by atoms with E-state index in [9.17, 15) is 0 Å². The summed E-state index contributed by atoms with van der Waals surface area (Å²) >= 11 is 6.09. The molecule has 1 atom stereocenters. The Balaban J connectivity index is 2.15. The van der Waals surface area contributed by atoms with Gasteiger partial charge in [0.2, 0.25) is 0 Å². The summed E-state index contributed by atoms with van der Waals surface area (Å²) in [6.45, 7) is 0. The van der Waals surface area contributed by atoms with Gasteiger partial charge in [0.15, 0.2) is 0 Å². The van der Waals surface area contributed by atoms with E-state index in [-0.39, 0.29) is 0 Å². The van der Waals surface area contributed by atoms with E-state index in [1.165, 1.54) is 11.1 Å². The molecule has 0 fully saturated rings. The number of ether oxygens (including phenoxy) is 1. The van der Waals surface area contributed by atoms with Crippen LogP contribution in [0.2, 0.25) is 0 Å². The van der Waals surface area contributed by atoms with Crippen LogP contribution >= 0.6 is 11.6 Å². The second-order valence-electron chi connectivity index (χ2n) is 4.32. The van der Waals surface area contributed by atoms with Crippen LogP contribution in [0.25, 0.3) is 0 Å². The highest BCUT2D eigenvalue weighted by Crippen LogP contribution is 2.24. The SMILES string of the molecule is COc1cccc(CC(CCl)c2ccccc2)c1. The van der Waals surface area contributed by atoms with E-state index >= 15 is 0 Å². The van der Waals surface area contributed by atoms with E-state index < -0.39 is 0 Å². The second kappa shape index (κ2) is 6.46. The zero-order valence-corrected chi connectivity index (χ0v) is 11.2. The molecule has 0 bridgehead atoms. The number of rotatable bonds is 5. The first-order valence-electron chi connectivity index (χ1n) is 6.07. The largest absolute Gasteiger partial charge is 0.497 e. The lowest BCUT2D eigenvalue weighted by Gasteiger charge is -2.14. The van der Waals surface area contributed by atoms with Crippen LogP contribution in [0.15, 0.2) is 54.6 Å². The maximum Gasteiger partial charge on any atom is 0.119 e. The number of methoxy groups -OCH3 is 1. The van der Waals surface area contributed by atoms with Crippen molar-refractivity contribution in [2.75, 3.05) is 13.0 Å². The van der Waals surface area contributed by atoms with Gasteiger partial charge in [0, 0.05) is 11.8 Å². The van der Waals surface area contributed by atoms with E-state index in [0.29, 0.717) is 11.8 Å². The van der Waals surface area contributed by atoms with Crippen LogP contribution in [-0.4, -0.2) is 13.0 Å². The van der Waals surface area contributed by atoms with Gasteiger partial charge in [0.05, 0.1) is 7.11 Å². The Morgan fingerprint density at radius 3 is 2.50 bits per heavy atom. The molecule has 1 unspecified atom stereocenters. The summed E-state index contributed by atoms with van der Waals surface area (Å²) in [5.41, 5.74) is 2.54. The molecule has 2 aromatic carbocycles. The molecule has 0 aliphatic carbocycles. The summed E-state index contributed by atoms with van der Waals surface area (Å²) in [6, 6.07) is 18.6. The highest BCUT2D eigenvalue weighted by atomic mass is 35.5. The van der Waals surface area contributed by atoms with Crippen molar-refractivity contribution < 1.29 is 4.74 Å². The summed E-state index contributed by atoms with van der Waals surface area (Å²) in [7, 11) is 1.69. The third kappa shape index (κ3) is 3.27. The third-order valence-electron chi connectivity index (χ3n) is 3.07. The molecule has 0 heterocycles. The van der Waals surface area contributed by atoms with Crippen LogP contribution in [0.5, 0.6) is 5.75 Å². The number of halogens is 1. The number of benzene rings is 2. The average molecular weight is 261 g/mol. The lowest BCUT2D eigenvalue weighted by atomic mass is 9.93. The molecule has 0 saturated carbocycles. The van der Waals surface area contributed by atoms with Crippen LogP contribution in [0.3, 0.4) is 0 Å². The zero-order chi connectivity index (χ0) is 12.8. The molecular weight excluding hydrogens is 244 g/mol. The summed E-state index contributed by atoms with van der Waals surface area (Å²) in [4.78, 5) is 0. The molecule has 2 heteroatoms. The van der Waals surface area contributed by atoms with Crippen LogP contribution in [0.4, 0.5) is 0 Å². The van der Waals surface area contributed by atoms with Crippen molar-refractivity contribution in [1.82, 2.24) is 0 Å². The minimum absolute atomic E-state index is 0.347. The average Bonchev–Trinajstić information content (AvgIpc) is 2.46. The van der Waals surface area contributed by atoms with Crippen molar-refractivity contribution in [1.29, 1.82) is 0 Å². The first-order chi connectivity index (χ1) is 8.83. The van der Waals surface area contributed by atoms with Crippen LogP contribution in [-0.2, 0) is 6.42 Å². The van der Waals surface area contributed by atoms with Crippen LogP contribution in [0.1, 0.15) is 17.0 Å². The van der Waals surface area contributed by atoms with Crippen molar-refractivity contribution >= 4 is 11.6 Å². The topological polar surface area (TPSA) is 9.23 Å². The Kier molecular flexibility index (Phi) is 4.66. The second-order valence-corrected chi connectivity index (χ2v) is 4.63. The van der Waals surface area contributed by atoms with Gasteiger partial charge in [0.25, 0.3) is 0 Å². The molecule has 0 saturated heterocycles. The molecule has 18 heavy (non-hydrogen) atoms. The summed E-state index contributed by atoms with van der Waals surface area (Å²) in [5, 5.41) is 0. The van der Waals surface area contributed by atoms with Gasteiger partial charge in [-0.2, -0.15) is 0 Å². The van der Waals surface area contributed by atoms with Gasteiger partial charge in [-0.3, -0.25) is 0 Å². The summed E-state index contributed by atoms with van der Waals surface area (Å²) in [6.07, 6.45) is 0.935. The van der Waals surface area contributed by atoms with Gasteiger partial charge >= 0.3 is 0 Å². The monoisotopic (exact) mass is 260 g/mol. The highest BCUT2D eigenvalue weighted by Gasteiger charge is 2.11. The minimum Gasteiger partial charge on any atom is -0.497 e. The molecule has 0 N–H and O–H groups in total. The number of alkyl halides is 1. The van der Waals surface area contributed by atoms with E-state index in [0.717, 1.165) is 12.2 Å². The Morgan fingerprint density at radius 2 is 1.83 bits per heavy atom. The first-order valence-corrected chi connectivity index (χ1v) is 6.60. The Morgan fingerprint density at radius 1 is 1.06 bits per heavy atom. The van der Waals surface area contributed by atoms with Crippen LogP contribution in [0, 0.1) is 0 Å². The first kappa shape index (κ1) is 13.0.